The highest BCUT2D eigenvalue weighted by Gasteiger charge is 2.73. The van der Waals surface area contributed by atoms with E-state index in [0.29, 0.717) is 5.56 Å². The third kappa shape index (κ3) is 2.25. The summed E-state index contributed by atoms with van der Waals surface area (Å²) in [6.07, 6.45) is 4.27. The summed E-state index contributed by atoms with van der Waals surface area (Å²) in [6.45, 7) is 3.89. The van der Waals surface area contributed by atoms with Crippen molar-refractivity contribution in [1.82, 2.24) is 10.1 Å². The molecule has 0 amide bonds. The van der Waals surface area contributed by atoms with Crippen molar-refractivity contribution in [2.75, 3.05) is 7.11 Å². The SMILES string of the molecule is COC(C)(C)[C@]12CC(O)(c3ccccc3)ON1[C@H]1CCCCC1N2O. The Morgan fingerprint density at radius 2 is 1.80 bits per heavy atom. The number of rotatable bonds is 3. The Bertz CT molecular complexity index is 640. The van der Waals surface area contributed by atoms with Gasteiger partial charge < -0.3 is 15.1 Å². The highest BCUT2D eigenvalue weighted by molar-refractivity contribution is 5.25. The minimum absolute atomic E-state index is 0.00324. The molecular formula is C19H28N2O4. The van der Waals surface area contributed by atoms with Gasteiger partial charge >= 0.3 is 0 Å². The molecule has 2 N–H and O–H groups in total. The van der Waals surface area contributed by atoms with Crippen molar-refractivity contribution in [2.24, 2.45) is 0 Å². The van der Waals surface area contributed by atoms with E-state index in [1.807, 2.05) is 49.2 Å². The highest BCUT2D eigenvalue weighted by atomic mass is 16.8. The first-order valence-electron chi connectivity index (χ1n) is 9.15. The molecule has 0 spiro atoms. The maximum Gasteiger partial charge on any atom is 0.214 e. The molecule has 138 valence electrons. The van der Waals surface area contributed by atoms with Crippen LogP contribution in [0.2, 0.25) is 0 Å². The van der Waals surface area contributed by atoms with Gasteiger partial charge in [-0.1, -0.05) is 43.2 Å². The molecule has 4 rings (SSSR count). The van der Waals surface area contributed by atoms with Gasteiger partial charge in [-0.25, -0.2) is 0 Å². The van der Waals surface area contributed by atoms with Crippen LogP contribution >= 0.6 is 0 Å². The first kappa shape index (κ1) is 17.4. The summed E-state index contributed by atoms with van der Waals surface area (Å²) in [4.78, 5) is 6.20. The largest absolute Gasteiger partial charge is 0.375 e. The van der Waals surface area contributed by atoms with Crippen LogP contribution in [0.25, 0.3) is 0 Å². The number of hydrogen-bond donors (Lipinski definition) is 2. The van der Waals surface area contributed by atoms with Gasteiger partial charge in [0.25, 0.3) is 0 Å². The molecule has 1 aromatic carbocycles. The van der Waals surface area contributed by atoms with E-state index in [1.165, 1.54) is 5.06 Å². The molecule has 2 aliphatic heterocycles. The van der Waals surface area contributed by atoms with E-state index in [9.17, 15) is 10.3 Å². The van der Waals surface area contributed by atoms with Crippen LogP contribution in [-0.4, -0.2) is 50.9 Å². The normalized spacial score (nSPS) is 39.4. The summed E-state index contributed by atoms with van der Waals surface area (Å²) >= 11 is 0. The van der Waals surface area contributed by atoms with Crippen LogP contribution in [0.3, 0.4) is 0 Å². The van der Waals surface area contributed by atoms with Crippen LogP contribution in [-0.2, 0) is 15.4 Å². The quantitative estimate of drug-likeness (QED) is 0.875. The first-order chi connectivity index (χ1) is 11.9. The van der Waals surface area contributed by atoms with Gasteiger partial charge in [-0.3, -0.25) is 4.84 Å². The fourth-order valence-corrected chi connectivity index (χ4v) is 4.90. The molecule has 1 aromatic rings. The lowest BCUT2D eigenvalue weighted by Gasteiger charge is -2.46. The lowest BCUT2D eigenvalue weighted by atomic mass is 9.83. The molecule has 2 heterocycles. The number of methoxy groups -OCH3 is 1. The van der Waals surface area contributed by atoms with Crippen molar-refractivity contribution in [3.63, 3.8) is 0 Å². The van der Waals surface area contributed by atoms with Gasteiger partial charge in [0.1, 0.15) is 0 Å². The topological polar surface area (TPSA) is 65.4 Å². The number of benzene rings is 1. The van der Waals surface area contributed by atoms with Gasteiger partial charge in [0.15, 0.2) is 5.66 Å². The minimum atomic E-state index is -1.49. The average Bonchev–Trinajstić information content (AvgIpc) is 3.08. The lowest BCUT2D eigenvalue weighted by Crippen LogP contribution is -2.64. The van der Waals surface area contributed by atoms with Gasteiger partial charge in [0.05, 0.1) is 17.7 Å². The van der Waals surface area contributed by atoms with Crippen molar-refractivity contribution >= 4 is 0 Å². The molecule has 0 bridgehead atoms. The van der Waals surface area contributed by atoms with Crippen LogP contribution in [0.4, 0.5) is 0 Å². The Morgan fingerprint density at radius 3 is 2.44 bits per heavy atom. The Hall–Kier alpha value is -1.02. The second-order valence-electron chi connectivity index (χ2n) is 8.04. The zero-order chi connectivity index (χ0) is 17.9. The Kier molecular flexibility index (Phi) is 3.99. The molecule has 1 saturated carbocycles. The molecule has 0 aromatic heterocycles. The van der Waals surface area contributed by atoms with Crippen LogP contribution in [0.1, 0.15) is 51.5 Å². The maximum absolute atomic E-state index is 11.3. The summed E-state index contributed by atoms with van der Waals surface area (Å²) in [7, 11) is 1.64. The average molecular weight is 348 g/mol. The number of aliphatic hydroxyl groups is 1. The summed E-state index contributed by atoms with van der Waals surface area (Å²) in [5, 5.41) is 25.8. The molecule has 2 saturated heterocycles. The Balaban J connectivity index is 1.81. The van der Waals surface area contributed by atoms with Crippen LogP contribution in [0.15, 0.2) is 30.3 Å². The molecular weight excluding hydrogens is 320 g/mol. The van der Waals surface area contributed by atoms with Gasteiger partial charge in [-0.15, -0.1) is 0 Å². The number of hydrogen-bond acceptors (Lipinski definition) is 6. The molecule has 25 heavy (non-hydrogen) atoms. The standard InChI is InChI=1S/C19H28N2O4/c1-17(2,24-3)19-13-18(22,14-9-5-4-6-10-14)25-21(19)16-12-8-7-11-15(16)20(19)23/h4-6,9-10,15-16,22-23H,7-8,11-13H2,1-3H3/t15?,16-,18?,19-/m0/s1. The van der Waals surface area contributed by atoms with Crippen molar-refractivity contribution in [3.8, 4) is 0 Å². The van der Waals surface area contributed by atoms with E-state index in [4.69, 9.17) is 9.57 Å². The van der Waals surface area contributed by atoms with E-state index in [0.717, 1.165) is 25.7 Å². The van der Waals surface area contributed by atoms with E-state index in [-0.39, 0.29) is 18.5 Å². The molecule has 3 fully saturated rings. The van der Waals surface area contributed by atoms with Gasteiger partial charge in [0.2, 0.25) is 5.79 Å². The van der Waals surface area contributed by atoms with Crippen molar-refractivity contribution in [2.45, 2.75) is 75.1 Å². The summed E-state index contributed by atoms with van der Waals surface area (Å²) < 4.78 is 5.80. The molecule has 6 nitrogen and oxygen atoms in total. The Morgan fingerprint density at radius 1 is 1.16 bits per heavy atom. The summed E-state index contributed by atoms with van der Waals surface area (Å²) in [6, 6.07) is 9.44. The summed E-state index contributed by atoms with van der Waals surface area (Å²) in [5.41, 5.74) is -0.985. The van der Waals surface area contributed by atoms with E-state index in [2.05, 4.69) is 0 Å². The predicted molar refractivity (Wildman–Crippen MR) is 91.4 cm³/mol. The van der Waals surface area contributed by atoms with Crippen molar-refractivity contribution in [3.05, 3.63) is 35.9 Å². The fraction of sp³-hybridized carbons (Fsp3) is 0.684. The van der Waals surface area contributed by atoms with Crippen LogP contribution < -0.4 is 0 Å². The molecule has 3 aliphatic rings. The van der Waals surface area contributed by atoms with E-state index in [1.54, 1.807) is 7.11 Å². The monoisotopic (exact) mass is 348 g/mol. The van der Waals surface area contributed by atoms with Crippen molar-refractivity contribution < 1.29 is 19.9 Å². The van der Waals surface area contributed by atoms with E-state index >= 15 is 0 Å². The minimum Gasteiger partial charge on any atom is -0.375 e. The lowest BCUT2D eigenvalue weighted by molar-refractivity contribution is -0.334. The van der Waals surface area contributed by atoms with Crippen LogP contribution in [0.5, 0.6) is 0 Å². The molecule has 6 heteroatoms. The number of hydroxylamine groups is 4. The highest BCUT2D eigenvalue weighted by Crippen LogP contribution is 2.57. The fourth-order valence-electron chi connectivity index (χ4n) is 4.90. The number of nitrogens with zero attached hydrogens (tertiary/aromatic N) is 2. The number of fused-ring (bicyclic) bond motifs is 3. The summed E-state index contributed by atoms with van der Waals surface area (Å²) in [5.74, 6) is -1.49. The predicted octanol–water partition coefficient (Wildman–Crippen LogP) is 2.61. The van der Waals surface area contributed by atoms with Gasteiger partial charge in [-0.05, 0) is 26.7 Å². The first-order valence-corrected chi connectivity index (χ1v) is 9.15. The number of ether oxygens (including phenoxy) is 1. The van der Waals surface area contributed by atoms with Crippen molar-refractivity contribution in [1.29, 1.82) is 0 Å². The van der Waals surface area contributed by atoms with Crippen LogP contribution in [0, 0.1) is 0 Å². The molecule has 1 aliphatic carbocycles. The third-order valence-corrected chi connectivity index (χ3v) is 6.49. The second-order valence-corrected chi connectivity index (χ2v) is 8.04. The van der Waals surface area contributed by atoms with Gasteiger partial charge in [0, 0.05) is 19.1 Å². The molecule has 0 radical (unpaired) electrons. The molecule has 4 atom stereocenters. The second kappa shape index (κ2) is 5.74. The Labute approximate surface area is 148 Å². The maximum atomic E-state index is 11.3. The zero-order valence-electron chi connectivity index (χ0n) is 15.2. The smallest absolute Gasteiger partial charge is 0.214 e. The van der Waals surface area contributed by atoms with Gasteiger partial charge in [-0.2, -0.15) is 10.1 Å². The zero-order valence-corrected chi connectivity index (χ0v) is 15.2. The third-order valence-electron chi connectivity index (χ3n) is 6.49. The molecule has 2 unspecified atom stereocenters. The van der Waals surface area contributed by atoms with E-state index < -0.39 is 17.1 Å².